The van der Waals surface area contributed by atoms with Gasteiger partial charge >= 0.3 is 0 Å². The molecule has 0 N–H and O–H groups in total. The lowest BCUT2D eigenvalue weighted by atomic mass is 10.00. The van der Waals surface area contributed by atoms with E-state index in [4.69, 9.17) is 13.9 Å². The smallest absolute Gasteiger partial charge is 0.230 e. The first-order valence-electron chi connectivity index (χ1n) is 8.83. The summed E-state index contributed by atoms with van der Waals surface area (Å²) >= 11 is 0. The fourth-order valence-electron chi connectivity index (χ4n) is 3.19. The van der Waals surface area contributed by atoms with Gasteiger partial charge < -0.3 is 18.8 Å². The van der Waals surface area contributed by atoms with Crippen LogP contribution in [0.1, 0.15) is 32.2 Å². The summed E-state index contributed by atoms with van der Waals surface area (Å²) in [6.45, 7) is 8.98. The number of methoxy groups -OCH3 is 1. The van der Waals surface area contributed by atoms with Gasteiger partial charge in [0.2, 0.25) is 11.8 Å². The van der Waals surface area contributed by atoms with Crippen LogP contribution in [0.3, 0.4) is 0 Å². The number of benzene rings is 1. The fraction of sp³-hybridized carbons (Fsp3) is 0.500. The summed E-state index contributed by atoms with van der Waals surface area (Å²) in [5, 5.41) is 0. The van der Waals surface area contributed by atoms with Crippen molar-refractivity contribution >= 4 is 5.91 Å². The van der Waals surface area contributed by atoms with Crippen LogP contribution in [0, 0.1) is 6.92 Å². The van der Waals surface area contributed by atoms with Crippen molar-refractivity contribution in [3.05, 3.63) is 35.7 Å². The second-order valence-corrected chi connectivity index (χ2v) is 7.34. The molecule has 3 rings (SSSR count). The Bertz CT molecular complexity index is 797. The van der Waals surface area contributed by atoms with Crippen molar-refractivity contribution in [2.75, 3.05) is 20.3 Å². The Hall–Kier alpha value is -2.34. The molecule has 0 spiro atoms. The first-order valence-corrected chi connectivity index (χ1v) is 8.83. The minimum atomic E-state index is -0.327. The molecule has 1 aliphatic rings. The Labute approximate surface area is 154 Å². The largest absolute Gasteiger partial charge is 0.496 e. The van der Waals surface area contributed by atoms with E-state index < -0.39 is 0 Å². The van der Waals surface area contributed by atoms with Crippen LogP contribution < -0.4 is 4.74 Å². The molecule has 0 bridgehead atoms. The van der Waals surface area contributed by atoms with Crippen LogP contribution in [0.25, 0.3) is 11.5 Å². The number of hydrogen-bond donors (Lipinski definition) is 0. The summed E-state index contributed by atoms with van der Waals surface area (Å²) in [7, 11) is 1.61. The van der Waals surface area contributed by atoms with Gasteiger partial charge in [-0.1, -0.05) is 12.1 Å². The molecule has 2 aromatic rings. The van der Waals surface area contributed by atoms with Crippen LogP contribution in [0.2, 0.25) is 0 Å². The first-order chi connectivity index (χ1) is 12.3. The van der Waals surface area contributed by atoms with E-state index >= 15 is 0 Å². The number of hydrogen-bond acceptors (Lipinski definition) is 5. The molecule has 1 amide bonds. The second kappa shape index (κ2) is 7.11. The Morgan fingerprint density at radius 3 is 2.85 bits per heavy atom. The number of aryl methyl sites for hydroxylation is 1. The topological polar surface area (TPSA) is 64.8 Å². The summed E-state index contributed by atoms with van der Waals surface area (Å²) in [6.07, 6.45) is 0.246. The number of para-hydroxylation sites is 1. The lowest BCUT2D eigenvalue weighted by Gasteiger charge is -2.44. The van der Waals surface area contributed by atoms with Gasteiger partial charge in [0.1, 0.15) is 11.5 Å². The molecule has 26 heavy (non-hydrogen) atoms. The zero-order chi connectivity index (χ0) is 18.9. The van der Waals surface area contributed by atoms with E-state index in [2.05, 4.69) is 4.98 Å². The highest BCUT2D eigenvalue weighted by molar-refractivity contribution is 5.79. The molecule has 0 radical (unpaired) electrons. The summed E-state index contributed by atoms with van der Waals surface area (Å²) in [5.74, 6) is 1.85. The van der Waals surface area contributed by atoms with E-state index in [9.17, 15) is 4.79 Å². The summed E-state index contributed by atoms with van der Waals surface area (Å²) in [6, 6.07) is 7.55. The molecule has 1 atom stereocenters. The predicted octanol–water partition coefficient (Wildman–Crippen LogP) is 3.23. The third-order valence-corrected chi connectivity index (χ3v) is 4.74. The van der Waals surface area contributed by atoms with E-state index in [1.807, 2.05) is 56.9 Å². The Morgan fingerprint density at radius 1 is 1.38 bits per heavy atom. The van der Waals surface area contributed by atoms with Crippen LogP contribution in [-0.2, 0) is 16.0 Å². The van der Waals surface area contributed by atoms with Gasteiger partial charge in [0.05, 0.1) is 43.0 Å². The minimum Gasteiger partial charge on any atom is -0.496 e. The zero-order valence-electron chi connectivity index (χ0n) is 16.0. The maximum absolute atomic E-state index is 12.9. The predicted molar refractivity (Wildman–Crippen MR) is 98.1 cm³/mol. The molecule has 1 aliphatic heterocycles. The van der Waals surface area contributed by atoms with Gasteiger partial charge in [0.25, 0.3) is 0 Å². The van der Waals surface area contributed by atoms with Crippen molar-refractivity contribution in [2.24, 2.45) is 0 Å². The maximum atomic E-state index is 12.9. The van der Waals surface area contributed by atoms with E-state index in [0.717, 1.165) is 5.56 Å². The normalized spacial score (nSPS) is 19.4. The van der Waals surface area contributed by atoms with E-state index in [-0.39, 0.29) is 24.0 Å². The molecular formula is C20H26N2O4. The molecule has 6 nitrogen and oxygen atoms in total. The maximum Gasteiger partial charge on any atom is 0.230 e. The number of ether oxygens (including phenoxy) is 2. The van der Waals surface area contributed by atoms with Crippen molar-refractivity contribution in [2.45, 2.75) is 45.8 Å². The second-order valence-electron chi connectivity index (χ2n) is 7.34. The van der Waals surface area contributed by atoms with Crippen molar-refractivity contribution in [3.63, 3.8) is 0 Å². The van der Waals surface area contributed by atoms with Gasteiger partial charge in [-0.25, -0.2) is 4.98 Å². The van der Waals surface area contributed by atoms with Crippen LogP contribution in [0.5, 0.6) is 5.75 Å². The lowest BCUT2D eigenvalue weighted by Crippen LogP contribution is -2.58. The number of nitrogens with zero attached hydrogens (tertiary/aromatic N) is 2. The van der Waals surface area contributed by atoms with Crippen molar-refractivity contribution < 1.29 is 18.7 Å². The van der Waals surface area contributed by atoms with E-state index in [1.165, 1.54) is 0 Å². The molecule has 2 heterocycles. The zero-order valence-corrected chi connectivity index (χ0v) is 16.0. The number of amides is 1. The molecule has 1 aromatic heterocycles. The Balaban J connectivity index is 1.83. The number of carbonyl (C=O) groups excluding carboxylic acids is 1. The molecule has 6 heteroatoms. The van der Waals surface area contributed by atoms with Gasteiger partial charge in [-0.05, 0) is 39.8 Å². The number of rotatable bonds is 4. The van der Waals surface area contributed by atoms with Gasteiger partial charge in [-0.2, -0.15) is 0 Å². The molecular weight excluding hydrogens is 332 g/mol. The summed E-state index contributed by atoms with van der Waals surface area (Å²) in [4.78, 5) is 19.4. The Kier molecular flexibility index (Phi) is 5.05. The van der Waals surface area contributed by atoms with Crippen LogP contribution in [-0.4, -0.2) is 47.7 Å². The van der Waals surface area contributed by atoms with Gasteiger partial charge in [-0.15, -0.1) is 0 Å². The highest BCUT2D eigenvalue weighted by Gasteiger charge is 2.37. The van der Waals surface area contributed by atoms with Gasteiger partial charge in [0, 0.05) is 6.54 Å². The fourth-order valence-corrected chi connectivity index (χ4v) is 3.19. The summed E-state index contributed by atoms with van der Waals surface area (Å²) in [5.41, 5.74) is 1.11. The van der Waals surface area contributed by atoms with E-state index in [0.29, 0.717) is 36.2 Å². The first kappa shape index (κ1) is 18.5. The van der Waals surface area contributed by atoms with E-state index in [1.54, 1.807) is 7.11 Å². The number of morpholine rings is 1. The number of oxazole rings is 1. The molecule has 1 unspecified atom stereocenters. The monoisotopic (exact) mass is 358 g/mol. The van der Waals surface area contributed by atoms with Gasteiger partial charge in [0.15, 0.2) is 0 Å². The average molecular weight is 358 g/mol. The molecule has 1 aromatic carbocycles. The number of aromatic nitrogens is 1. The van der Waals surface area contributed by atoms with Gasteiger partial charge in [-0.3, -0.25) is 4.79 Å². The van der Waals surface area contributed by atoms with Crippen LogP contribution >= 0.6 is 0 Å². The van der Waals surface area contributed by atoms with Crippen LogP contribution in [0.15, 0.2) is 28.7 Å². The van der Waals surface area contributed by atoms with Crippen LogP contribution in [0.4, 0.5) is 0 Å². The Morgan fingerprint density at radius 2 is 2.12 bits per heavy atom. The standard InChI is InChI=1S/C20H26N2O4/c1-13-11-22(20(3,4)12-25-13)18(23)10-16-14(2)26-19(21-16)15-8-6-7-9-17(15)24-5/h6-9,13H,10-12H2,1-5H3. The highest BCUT2D eigenvalue weighted by Crippen LogP contribution is 2.31. The highest BCUT2D eigenvalue weighted by atomic mass is 16.5. The molecule has 0 aliphatic carbocycles. The quantitative estimate of drug-likeness (QED) is 0.840. The third kappa shape index (κ3) is 3.60. The number of carbonyl (C=O) groups is 1. The SMILES string of the molecule is COc1ccccc1-c1nc(CC(=O)N2CC(C)OCC2(C)C)c(C)o1. The third-order valence-electron chi connectivity index (χ3n) is 4.74. The minimum absolute atomic E-state index is 0.0353. The molecule has 140 valence electrons. The molecule has 0 saturated carbocycles. The average Bonchev–Trinajstić information content (AvgIpc) is 2.97. The molecule has 1 saturated heterocycles. The van der Waals surface area contributed by atoms with Crippen molar-refractivity contribution in [1.29, 1.82) is 0 Å². The van der Waals surface area contributed by atoms with Crippen molar-refractivity contribution in [3.8, 4) is 17.2 Å². The molecule has 1 fully saturated rings. The summed E-state index contributed by atoms with van der Waals surface area (Å²) < 4.78 is 16.9. The lowest BCUT2D eigenvalue weighted by molar-refractivity contribution is -0.152. The van der Waals surface area contributed by atoms with Crippen molar-refractivity contribution in [1.82, 2.24) is 9.88 Å².